The number of phenolic OH excluding ortho intramolecular Hbond substituents is 1. The summed E-state index contributed by atoms with van der Waals surface area (Å²) in [5, 5.41) is 44.7. The molecule has 1 aromatic carbocycles. The highest BCUT2D eigenvalue weighted by Gasteiger charge is 2.31. The molecular weight excluding hydrogens is 550 g/mol. The normalized spacial score (nSPS) is 15.9. The first-order chi connectivity index (χ1) is 20.7. The van der Waals surface area contributed by atoms with E-state index in [1.165, 1.54) is 7.11 Å². The van der Waals surface area contributed by atoms with Gasteiger partial charge in [-0.15, -0.1) is 0 Å². The molecule has 0 unspecified atom stereocenters. The van der Waals surface area contributed by atoms with Gasteiger partial charge in [-0.25, -0.2) is 0 Å². The monoisotopic (exact) mass is 597 g/mol. The van der Waals surface area contributed by atoms with Gasteiger partial charge >= 0.3 is 0 Å². The number of aliphatic hydroxyl groups is 3. The molecule has 3 rings (SSSR count). The van der Waals surface area contributed by atoms with E-state index in [1.807, 2.05) is 31.3 Å². The molecule has 0 amide bonds. The number of benzene rings is 1. The van der Waals surface area contributed by atoms with Crippen molar-refractivity contribution in [3.05, 3.63) is 70.8 Å². The number of carbonyl (C=O) groups is 2. The molecule has 2 heterocycles. The lowest BCUT2D eigenvalue weighted by Crippen LogP contribution is -2.30. The fraction of sp³-hybridized carbons (Fsp3) is 0.515. The third-order valence-electron chi connectivity index (χ3n) is 8.16. The van der Waals surface area contributed by atoms with Crippen LogP contribution in [-0.2, 0) is 22.4 Å². The molecule has 1 aliphatic rings. The second-order valence-electron chi connectivity index (χ2n) is 11.3. The van der Waals surface area contributed by atoms with E-state index in [4.69, 9.17) is 10.5 Å². The molecular formula is C33H47N3O7. The van der Waals surface area contributed by atoms with Crippen molar-refractivity contribution in [2.45, 2.75) is 70.3 Å². The van der Waals surface area contributed by atoms with E-state index >= 15 is 0 Å². The molecule has 0 bridgehead atoms. The number of ketones is 2. The van der Waals surface area contributed by atoms with E-state index in [2.05, 4.69) is 10.3 Å². The summed E-state index contributed by atoms with van der Waals surface area (Å²) in [7, 11) is 1.44. The average molecular weight is 598 g/mol. The van der Waals surface area contributed by atoms with Gasteiger partial charge in [-0.1, -0.05) is 25.5 Å². The molecule has 0 saturated heterocycles. The lowest BCUT2D eigenvalue weighted by Gasteiger charge is -2.30. The number of Topliss-reactive ketones (excluding diaryl/α,β-unsaturated/α-hetero) is 2. The van der Waals surface area contributed by atoms with Crippen molar-refractivity contribution < 1.29 is 34.8 Å². The maximum absolute atomic E-state index is 12.8. The number of methoxy groups -OCH3 is 1. The molecule has 2 aromatic rings. The van der Waals surface area contributed by atoms with Crippen molar-refractivity contribution in [2.24, 2.45) is 17.6 Å². The number of carbonyl (C=O) groups excluding carboxylic acids is 2. The van der Waals surface area contributed by atoms with Crippen LogP contribution >= 0.6 is 0 Å². The molecule has 10 heteroatoms. The smallest absolute Gasteiger partial charge is 0.170 e. The van der Waals surface area contributed by atoms with Gasteiger partial charge in [-0.2, -0.15) is 0 Å². The Bertz CT molecular complexity index is 1260. The predicted molar refractivity (Wildman–Crippen MR) is 165 cm³/mol. The number of dihydropyridines is 1. The molecule has 0 fully saturated rings. The zero-order valence-corrected chi connectivity index (χ0v) is 25.2. The zero-order valence-electron chi connectivity index (χ0n) is 25.2. The Balaban J connectivity index is 1.81. The summed E-state index contributed by atoms with van der Waals surface area (Å²) in [6.45, 7) is 2.42. The third-order valence-corrected chi connectivity index (χ3v) is 8.16. The molecule has 236 valence electrons. The Morgan fingerprint density at radius 3 is 2.51 bits per heavy atom. The molecule has 10 nitrogen and oxygen atoms in total. The Hall–Kier alpha value is -3.60. The minimum Gasteiger partial charge on any atom is -0.504 e. The third kappa shape index (κ3) is 9.44. The minimum absolute atomic E-state index is 0.0608. The van der Waals surface area contributed by atoms with E-state index in [-0.39, 0.29) is 55.8 Å². The quantitative estimate of drug-likeness (QED) is 0.120. The number of aromatic hydroxyl groups is 1. The van der Waals surface area contributed by atoms with Crippen molar-refractivity contribution in [1.82, 2.24) is 10.3 Å². The molecule has 1 aliphatic heterocycles. The highest BCUT2D eigenvalue weighted by molar-refractivity contribution is 6.05. The molecule has 4 atom stereocenters. The summed E-state index contributed by atoms with van der Waals surface area (Å²) in [5.41, 5.74) is 9.05. The number of hydrogen-bond donors (Lipinski definition) is 7. The first-order valence-electron chi connectivity index (χ1n) is 15.1. The van der Waals surface area contributed by atoms with Crippen molar-refractivity contribution in [3.8, 4) is 11.5 Å². The van der Waals surface area contributed by atoms with Gasteiger partial charge in [0.2, 0.25) is 0 Å². The van der Waals surface area contributed by atoms with Crippen molar-refractivity contribution in [3.63, 3.8) is 0 Å². The van der Waals surface area contributed by atoms with E-state index in [0.717, 1.165) is 24.1 Å². The second kappa shape index (κ2) is 16.9. The number of rotatable bonds is 19. The number of nitrogens with one attached hydrogen (secondary N) is 2. The molecule has 8 N–H and O–H groups in total. The number of allylic oxidation sites excluding steroid dienone is 2. The van der Waals surface area contributed by atoms with Gasteiger partial charge in [0.05, 0.1) is 12.9 Å². The Kier molecular flexibility index (Phi) is 13.3. The summed E-state index contributed by atoms with van der Waals surface area (Å²) in [6, 6.07) is 7.25. The maximum Gasteiger partial charge on any atom is 0.170 e. The summed E-state index contributed by atoms with van der Waals surface area (Å²) in [4.78, 5) is 28.5. The van der Waals surface area contributed by atoms with Crippen molar-refractivity contribution >= 4 is 11.6 Å². The van der Waals surface area contributed by atoms with Gasteiger partial charge in [0.15, 0.2) is 29.2 Å². The number of aromatic nitrogens is 1. The number of phenols is 1. The Morgan fingerprint density at radius 1 is 1.12 bits per heavy atom. The number of aliphatic hydroxyl groups excluding tert-OH is 3. The van der Waals surface area contributed by atoms with Crippen LogP contribution in [-0.4, -0.2) is 69.9 Å². The van der Waals surface area contributed by atoms with Crippen LogP contribution in [0.5, 0.6) is 11.5 Å². The van der Waals surface area contributed by atoms with E-state index in [0.29, 0.717) is 42.8 Å². The minimum atomic E-state index is -1.70. The largest absolute Gasteiger partial charge is 0.504 e. The van der Waals surface area contributed by atoms with E-state index in [1.54, 1.807) is 18.2 Å². The van der Waals surface area contributed by atoms with Crippen LogP contribution in [0.3, 0.4) is 0 Å². The predicted octanol–water partition coefficient (Wildman–Crippen LogP) is 3.00. The molecule has 43 heavy (non-hydrogen) atoms. The fourth-order valence-corrected chi connectivity index (χ4v) is 5.81. The van der Waals surface area contributed by atoms with Gasteiger partial charge < -0.3 is 41.2 Å². The van der Waals surface area contributed by atoms with Crippen LogP contribution in [0.1, 0.15) is 68.2 Å². The molecule has 0 radical (unpaired) electrons. The number of aryl methyl sites for hydroxylation is 1. The highest BCUT2D eigenvalue weighted by atomic mass is 16.5. The Morgan fingerprint density at radius 2 is 1.88 bits per heavy atom. The topological polar surface area (TPSA) is 178 Å². The first-order valence-corrected chi connectivity index (χ1v) is 15.1. The van der Waals surface area contributed by atoms with Crippen LogP contribution < -0.4 is 15.8 Å². The first kappa shape index (κ1) is 33.9. The fourth-order valence-electron chi connectivity index (χ4n) is 5.81. The average Bonchev–Trinajstić information content (AvgIpc) is 3.52. The lowest BCUT2D eigenvalue weighted by atomic mass is 9.76. The molecule has 0 spiro atoms. The van der Waals surface area contributed by atoms with Crippen LogP contribution in [0.15, 0.2) is 54.0 Å². The van der Waals surface area contributed by atoms with Crippen LogP contribution in [0.2, 0.25) is 0 Å². The number of nitrogens with two attached hydrogens (primary N) is 1. The number of H-pyrrole nitrogens is 1. The summed E-state index contributed by atoms with van der Waals surface area (Å²) < 4.78 is 5.49. The molecule has 1 aromatic heterocycles. The maximum atomic E-state index is 12.8. The van der Waals surface area contributed by atoms with Gasteiger partial charge in [-0.3, -0.25) is 9.59 Å². The van der Waals surface area contributed by atoms with Gasteiger partial charge in [0.25, 0.3) is 0 Å². The van der Waals surface area contributed by atoms with Crippen molar-refractivity contribution in [1.29, 1.82) is 0 Å². The van der Waals surface area contributed by atoms with E-state index in [9.17, 15) is 30.0 Å². The van der Waals surface area contributed by atoms with Gasteiger partial charge in [0, 0.05) is 56.0 Å². The number of aromatic amines is 1. The van der Waals surface area contributed by atoms with Crippen LogP contribution in [0.4, 0.5) is 0 Å². The zero-order chi connectivity index (χ0) is 31.4. The summed E-state index contributed by atoms with van der Waals surface area (Å²) in [5.74, 6) is -1.13. The van der Waals surface area contributed by atoms with E-state index < -0.39 is 23.6 Å². The summed E-state index contributed by atoms with van der Waals surface area (Å²) >= 11 is 0. The second-order valence-corrected chi connectivity index (χ2v) is 11.3. The lowest BCUT2D eigenvalue weighted by molar-refractivity contribution is -0.138. The molecule has 0 saturated carbocycles. The number of ether oxygens (including phenoxy) is 1. The standard InChI is InChI=1S/C33H47N3O7/c1-3-6-21(19-37)7-4-9-27(39)33(42)28(40)11-10-22-15-26(32(41)29(16-22)43-2)31(23-12-14-36-30(34)18-23)24(20-38)17-25-8-5-13-35-25/h5,8,12-13,15-16,18,21,24,31,33,35-38,41-42H,3-4,6-7,9-11,14,17,19-20,34H2,1-2H3/t21-,24-,31-,33-/m0/s1. The van der Waals surface area contributed by atoms with Crippen LogP contribution in [0.25, 0.3) is 0 Å². The highest BCUT2D eigenvalue weighted by Crippen LogP contribution is 2.44. The van der Waals surface area contributed by atoms with Gasteiger partial charge in [0.1, 0.15) is 0 Å². The molecule has 0 aliphatic carbocycles. The Labute approximate surface area is 253 Å². The van der Waals surface area contributed by atoms with Crippen LogP contribution in [0, 0.1) is 11.8 Å². The van der Waals surface area contributed by atoms with Crippen molar-refractivity contribution in [2.75, 3.05) is 26.9 Å². The van der Waals surface area contributed by atoms with Gasteiger partial charge in [-0.05, 0) is 79.4 Å². The summed E-state index contributed by atoms with van der Waals surface area (Å²) in [6.07, 6.45) is 7.58. The SMILES string of the molecule is CCC[C@H](CO)CCCC(=O)[C@H](O)C(=O)CCc1cc(OC)c(O)c([C@@H](C2=CCNC(N)=C2)[C@H](CO)Cc2ccc[nH]2)c1. The number of hydrogen-bond acceptors (Lipinski definition) is 9.